The molecule has 0 aliphatic carbocycles. The fourth-order valence-corrected chi connectivity index (χ4v) is 3.16. The largest absolute Gasteiger partial charge is 0.483 e. The molecule has 1 saturated heterocycles. The van der Waals surface area contributed by atoms with Crippen LogP contribution in [0.2, 0.25) is 5.02 Å². The number of amides is 2. The molecule has 27 heavy (non-hydrogen) atoms. The zero-order valence-corrected chi connectivity index (χ0v) is 15.9. The van der Waals surface area contributed by atoms with Crippen LogP contribution in [0.15, 0.2) is 48.5 Å². The van der Waals surface area contributed by atoms with Crippen LogP contribution in [0.25, 0.3) is 0 Å². The predicted octanol–water partition coefficient (Wildman–Crippen LogP) is 3.66. The second kappa shape index (κ2) is 9.42. The molecular formula is C21H23ClN2O3. The van der Waals surface area contributed by atoms with E-state index in [1.54, 1.807) is 30.3 Å². The van der Waals surface area contributed by atoms with Gasteiger partial charge in [0.05, 0.1) is 5.56 Å². The van der Waals surface area contributed by atoms with E-state index >= 15 is 0 Å². The van der Waals surface area contributed by atoms with E-state index in [1.165, 1.54) is 0 Å². The van der Waals surface area contributed by atoms with Crippen LogP contribution in [-0.4, -0.2) is 36.4 Å². The molecule has 0 bridgehead atoms. The van der Waals surface area contributed by atoms with Gasteiger partial charge in [0.2, 0.25) is 0 Å². The van der Waals surface area contributed by atoms with Crippen LogP contribution in [0, 0.1) is 0 Å². The smallest absolute Gasteiger partial charge is 0.258 e. The van der Waals surface area contributed by atoms with Gasteiger partial charge < -0.3 is 15.0 Å². The number of rotatable bonds is 6. The van der Waals surface area contributed by atoms with Crippen molar-refractivity contribution < 1.29 is 14.3 Å². The van der Waals surface area contributed by atoms with Gasteiger partial charge in [0.25, 0.3) is 11.8 Å². The number of para-hydroxylation sites is 1. The van der Waals surface area contributed by atoms with E-state index < -0.39 is 0 Å². The zero-order chi connectivity index (χ0) is 19.1. The van der Waals surface area contributed by atoms with Gasteiger partial charge in [-0.3, -0.25) is 9.59 Å². The van der Waals surface area contributed by atoms with Crippen LogP contribution < -0.4 is 10.1 Å². The standard InChI is InChI=1S/C21H23ClN2O3/c22-17-10-8-16(9-11-17)14-23-20(25)15-27-19-7-3-2-6-18(19)21(26)24-12-4-1-5-13-24/h2-3,6-11H,1,4-5,12-15H2,(H,23,25). The van der Waals surface area contributed by atoms with Crippen molar-refractivity contribution in [1.29, 1.82) is 0 Å². The highest BCUT2D eigenvalue weighted by Crippen LogP contribution is 2.22. The third-order valence-corrected chi connectivity index (χ3v) is 4.77. The Kier molecular flexibility index (Phi) is 6.71. The van der Waals surface area contributed by atoms with Gasteiger partial charge in [0, 0.05) is 24.7 Å². The monoisotopic (exact) mass is 386 g/mol. The van der Waals surface area contributed by atoms with Gasteiger partial charge in [0.1, 0.15) is 5.75 Å². The van der Waals surface area contributed by atoms with Crippen molar-refractivity contribution in [2.24, 2.45) is 0 Å². The molecular weight excluding hydrogens is 364 g/mol. The van der Waals surface area contributed by atoms with Gasteiger partial charge in [-0.15, -0.1) is 0 Å². The van der Waals surface area contributed by atoms with Crippen LogP contribution >= 0.6 is 11.6 Å². The maximum absolute atomic E-state index is 12.7. The number of ether oxygens (including phenoxy) is 1. The molecule has 2 amide bonds. The van der Waals surface area contributed by atoms with Crippen molar-refractivity contribution in [3.8, 4) is 5.75 Å². The summed E-state index contributed by atoms with van der Waals surface area (Å²) in [5.74, 6) is 0.159. The van der Waals surface area contributed by atoms with E-state index in [2.05, 4.69) is 5.32 Å². The Morgan fingerprint density at radius 3 is 2.44 bits per heavy atom. The van der Waals surface area contributed by atoms with Crippen molar-refractivity contribution in [3.05, 3.63) is 64.7 Å². The first kappa shape index (κ1) is 19.2. The fraction of sp³-hybridized carbons (Fsp3) is 0.333. The Labute approximate surface area is 164 Å². The minimum atomic E-state index is -0.245. The number of nitrogens with one attached hydrogen (secondary N) is 1. The van der Waals surface area contributed by atoms with Crippen LogP contribution in [0.3, 0.4) is 0 Å². The van der Waals surface area contributed by atoms with Crippen LogP contribution in [0.5, 0.6) is 5.75 Å². The highest BCUT2D eigenvalue weighted by molar-refractivity contribution is 6.30. The molecule has 0 spiro atoms. The number of nitrogens with zero attached hydrogens (tertiary/aromatic N) is 1. The number of hydrogen-bond donors (Lipinski definition) is 1. The van der Waals surface area contributed by atoms with E-state index in [0.717, 1.165) is 37.9 Å². The molecule has 0 aromatic heterocycles. The molecule has 5 nitrogen and oxygen atoms in total. The predicted molar refractivity (Wildman–Crippen MR) is 105 cm³/mol. The Morgan fingerprint density at radius 2 is 1.70 bits per heavy atom. The molecule has 6 heteroatoms. The maximum Gasteiger partial charge on any atom is 0.258 e. The molecule has 1 heterocycles. The number of likely N-dealkylation sites (tertiary alicyclic amines) is 1. The molecule has 1 aliphatic rings. The van der Waals surface area contributed by atoms with E-state index in [1.807, 2.05) is 23.1 Å². The number of carbonyl (C=O) groups excluding carboxylic acids is 2. The highest BCUT2D eigenvalue weighted by atomic mass is 35.5. The SMILES string of the molecule is O=C(COc1ccccc1C(=O)N1CCCCC1)NCc1ccc(Cl)cc1. The van der Waals surface area contributed by atoms with Crippen molar-refractivity contribution in [1.82, 2.24) is 10.2 Å². The number of benzene rings is 2. The summed E-state index contributed by atoms with van der Waals surface area (Å²) in [4.78, 5) is 26.7. The Bertz CT molecular complexity index is 786. The van der Waals surface area contributed by atoms with Crippen LogP contribution in [0.4, 0.5) is 0 Å². The van der Waals surface area contributed by atoms with Gasteiger partial charge in [-0.2, -0.15) is 0 Å². The van der Waals surface area contributed by atoms with E-state index in [-0.39, 0.29) is 18.4 Å². The third kappa shape index (κ3) is 5.47. The van der Waals surface area contributed by atoms with Crippen molar-refractivity contribution in [2.75, 3.05) is 19.7 Å². The minimum absolute atomic E-state index is 0.0353. The summed E-state index contributed by atoms with van der Waals surface area (Å²) in [6.07, 6.45) is 3.22. The summed E-state index contributed by atoms with van der Waals surface area (Å²) < 4.78 is 5.64. The van der Waals surface area contributed by atoms with Gasteiger partial charge in [-0.05, 0) is 49.1 Å². The summed E-state index contributed by atoms with van der Waals surface area (Å²) >= 11 is 5.85. The topological polar surface area (TPSA) is 58.6 Å². The second-order valence-corrected chi connectivity index (χ2v) is 6.98. The lowest BCUT2D eigenvalue weighted by Gasteiger charge is -2.27. The fourth-order valence-electron chi connectivity index (χ4n) is 3.03. The van der Waals surface area contributed by atoms with Gasteiger partial charge >= 0.3 is 0 Å². The summed E-state index contributed by atoms with van der Waals surface area (Å²) in [5, 5.41) is 3.45. The molecule has 2 aromatic carbocycles. The molecule has 0 radical (unpaired) electrons. The lowest BCUT2D eigenvalue weighted by molar-refractivity contribution is -0.123. The lowest BCUT2D eigenvalue weighted by atomic mass is 10.1. The average Bonchev–Trinajstić information content (AvgIpc) is 2.72. The van der Waals surface area contributed by atoms with Gasteiger partial charge in [0.15, 0.2) is 6.61 Å². The van der Waals surface area contributed by atoms with E-state index in [0.29, 0.717) is 22.9 Å². The molecule has 142 valence electrons. The Hall–Kier alpha value is -2.53. The average molecular weight is 387 g/mol. The van der Waals surface area contributed by atoms with Crippen molar-refractivity contribution in [3.63, 3.8) is 0 Å². The second-order valence-electron chi connectivity index (χ2n) is 6.54. The highest BCUT2D eigenvalue weighted by Gasteiger charge is 2.21. The van der Waals surface area contributed by atoms with Crippen LogP contribution in [-0.2, 0) is 11.3 Å². The Morgan fingerprint density at radius 1 is 1.00 bits per heavy atom. The number of piperidine rings is 1. The number of carbonyl (C=O) groups is 2. The first-order valence-electron chi connectivity index (χ1n) is 9.16. The molecule has 1 N–H and O–H groups in total. The quantitative estimate of drug-likeness (QED) is 0.824. The maximum atomic E-state index is 12.7. The van der Waals surface area contributed by atoms with E-state index in [9.17, 15) is 9.59 Å². The molecule has 0 unspecified atom stereocenters. The lowest BCUT2D eigenvalue weighted by Crippen LogP contribution is -2.36. The normalized spacial score (nSPS) is 13.9. The summed E-state index contributed by atoms with van der Waals surface area (Å²) in [6, 6.07) is 14.4. The number of hydrogen-bond acceptors (Lipinski definition) is 3. The first-order valence-corrected chi connectivity index (χ1v) is 9.53. The summed E-state index contributed by atoms with van der Waals surface area (Å²) in [5.41, 5.74) is 1.46. The molecule has 2 aromatic rings. The number of halogens is 1. The van der Waals surface area contributed by atoms with Gasteiger partial charge in [-0.1, -0.05) is 35.9 Å². The van der Waals surface area contributed by atoms with Gasteiger partial charge in [-0.25, -0.2) is 0 Å². The Balaban J connectivity index is 1.55. The van der Waals surface area contributed by atoms with Crippen molar-refractivity contribution >= 4 is 23.4 Å². The molecule has 0 saturated carbocycles. The van der Waals surface area contributed by atoms with Crippen LogP contribution in [0.1, 0.15) is 35.2 Å². The molecule has 1 aliphatic heterocycles. The molecule has 3 rings (SSSR count). The summed E-state index contributed by atoms with van der Waals surface area (Å²) in [6.45, 7) is 1.80. The zero-order valence-electron chi connectivity index (χ0n) is 15.1. The van der Waals surface area contributed by atoms with Crippen molar-refractivity contribution in [2.45, 2.75) is 25.8 Å². The van der Waals surface area contributed by atoms with E-state index in [4.69, 9.17) is 16.3 Å². The molecule has 1 fully saturated rings. The molecule has 0 atom stereocenters. The summed E-state index contributed by atoms with van der Waals surface area (Å²) in [7, 11) is 0. The third-order valence-electron chi connectivity index (χ3n) is 4.52. The first-order chi connectivity index (χ1) is 13.1. The minimum Gasteiger partial charge on any atom is -0.483 e.